The quantitative estimate of drug-likeness (QED) is 0.433. The second kappa shape index (κ2) is 8.39. The van der Waals surface area contributed by atoms with Crippen molar-refractivity contribution in [2.45, 2.75) is 37.9 Å². The van der Waals surface area contributed by atoms with Gasteiger partial charge in [-0.05, 0) is 37.1 Å². The first kappa shape index (κ1) is 21.3. The highest BCUT2D eigenvalue weighted by molar-refractivity contribution is 6.24. The van der Waals surface area contributed by atoms with Crippen LogP contribution in [0.15, 0.2) is 53.1 Å². The summed E-state index contributed by atoms with van der Waals surface area (Å²) in [7, 11) is 0. The molecule has 3 heterocycles. The van der Waals surface area contributed by atoms with Gasteiger partial charge in [-0.25, -0.2) is 9.37 Å². The lowest BCUT2D eigenvalue weighted by molar-refractivity contribution is -0.0413. The molecule has 4 N–H and O–H groups in total. The van der Waals surface area contributed by atoms with Crippen molar-refractivity contribution in [2.24, 2.45) is 0 Å². The largest absolute Gasteiger partial charge is 0.439 e. The van der Waals surface area contributed by atoms with Gasteiger partial charge in [0.2, 0.25) is 5.89 Å². The predicted octanol–water partition coefficient (Wildman–Crippen LogP) is 2.08. The third kappa shape index (κ3) is 3.88. The monoisotopic (exact) mass is 452 g/mol. The fourth-order valence-corrected chi connectivity index (χ4v) is 4.24. The first-order chi connectivity index (χ1) is 15.9. The molecule has 3 atom stereocenters. The van der Waals surface area contributed by atoms with Crippen molar-refractivity contribution >= 4 is 17.5 Å². The molecular formula is C23H21FN4O5. The van der Waals surface area contributed by atoms with E-state index in [-0.39, 0.29) is 29.9 Å². The van der Waals surface area contributed by atoms with E-state index >= 15 is 0 Å². The number of aliphatic hydroxyl groups is 2. The summed E-state index contributed by atoms with van der Waals surface area (Å²) in [6.45, 7) is 0.132. The zero-order valence-electron chi connectivity index (χ0n) is 17.4. The van der Waals surface area contributed by atoms with Crippen LogP contribution in [0, 0.1) is 5.82 Å². The summed E-state index contributed by atoms with van der Waals surface area (Å²) in [5.41, 5.74) is 1.42. The maximum atomic E-state index is 13.5. The average Bonchev–Trinajstić information content (AvgIpc) is 3.37. The Kier molecular flexibility index (Phi) is 5.41. The van der Waals surface area contributed by atoms with Gasteiger partial charge in [0.15, 0.2) is 5.76 Å². The van der Waals surface area contributed by atoms with Crippen molar-refractivity contribution in [1.29, 1.82) is 0 Å². The molecule has 1 saturated heterocycles. The van der Waals surface area contributed by atoms with Gasteiger partial charge in [0.05, 0.1) is 29.9 Å². The number of carbonyl (C=O) groups excluding carboxylic acids is 2. The molecule has 0 bridgehead atoms. The molecule has 0 aliphatic carbocycles. The van der Waals surface area contributed by atoms with Crippen LogP contribution in [0.25, 0.3) is 11.3 Å². The van der Waals surface area contributed by atoms with Crippen LogP contribution >= 0.6 is 0 Å². The number of oxazole rings is 1. The number of aliphatic hydroxyl groups excluding tert-OH is 2. The molecule has 3 aromatic rings. The molecule has 2 aromatic carbocycles. The minimum atomic E-state index is -1.22. The van der Waals surface area contributed by atoms with Crippen LogP contribution in [0.3, 0.4) is 0 Å². The zero-order chi connectivity index (χ0) is 23.1. The lowest BCUT2D eigenvalue weighted by atomic mass is 10.0. The van der Waals surface area contributed by atoms with Gasteiger partial charge in [-0.1, -0.05) is 18.2 Å². The molecule has 1 aromatic heterocycles. The molecule has 33 heavy (non-hydrogen) atoms. The highest BCUT2D eigenvalue weighted by Crippen LogP contribution is 2.33. The molecule has 5 rings (SSSR count). The van der Waals surface area contributed by atoms with Crippen molar-refractivity contribution in [3.63, 3.8) is 0 Å². The normalized spacial score (nSPS) is 22.5. The number of fused-ring (bicyclic) bond motifs is 1. The minimum absolute atomic E-state index is 0.132. The minimum Gasteiger partial charge on any atom is -0.439 e. The van der Waals surface area contributed by atoms with Crippen LogP contribution in [0.4, 0.5) is 10.1 Å². The summed E-state index contributed by atoms with van der Waals surface area (Å²) in [5, 5.41) is 25.6. The molecular weight excluding hydrogens is 431 g/mol. The zero-order valence-corrected chi connectivity index (χ0v) is 17.4. The van der Waals surface area contributed by atoms with Crippen molar-refractivity contribution in [2.75, 3.05) is 5.32 Å². The number of hydrogen-bond acceptors (Lipinski definition) is 8. The average molecular weight is 452 g/mol. The molecule has 10 heteroatoms. The molecule has 9 nitrogen and oxygen atoms in total. The number of benzene rings is 2. The highest BCUT2D eigenvalue weighted by atomic mass is 19.1. The van der Waals surface area contributed by atoms with Crippen molar-refractivity contribution in [3.05, 3.63) is 71.5 Å². The highest BCUT2D eigenvalue weighted by Gasteiger charge is 2.45. The van der Waals surface area contributed by atoms with E-state index in [2.05, 4.69) is 15.6 Å². The molecule has 2 aliphatic rings. The topological polar surface area (TPSA) is 128 Å². The van der Waals surface area contributed by atoms with Crippen molar-refractivity contribution < 1.29 is 28.6 Å². The van der Waals surface area contributed by atoms with Crippen LogP contribution in [0.1, 0.15) is 39.4 Å². The third-order valence-corrected chi connectivity index (χ3v) is 5.83. The number of hydrogen-bond donors (Lipinski definition) is 4. The molecule has 0 radical (unpaired) electrons. The smallest absolute Gasteiger partial charge is 0.264 e. The summed E-state index contributed by atoms with van der Waals surface area (Å²) in [6, 6.07) is 10.1. The van der Waals surface area contributed by atoms with Crippen molar-refractivity contribution in [3.8, 4) is 11.3 Å². The van der Waals surface area contributed by atoms with E-state index in [0.29, 0.717) is 29.3 Å². The van der Waals surface area contributed by atoms with Gasteiger partial charge in [0.1, 0.15) is 18.3 Å². The van der Waals surface area contributed by atoms with Crippen LogP contribution < -0.4 is 10.6 Å². The van der Waals surface area contributed by atoms with E-state index in [1.807, 2.05) is 0 Å². The summed E-state index contributed by atoms with van der Waals surface area (Å²) in [4.78, 5) is 31.4. The van der Waals surface area contributed by atoms with Crippen LogP contribution in [-0.4, -0.2) is 50.4 Å². The summed E-state index contributed by atoms with van der Waals surface area (Å²) in [5.74, 6) is -0.674. The number of nitrogens with zero attached hydrogens (tertiary/aromatic N) is 2. The second-order valence-corrected chi connectivity index (χ2v) is 7.96. The van der Waals surface area contributed by atoms with Gasteiger partial charge in [0.25, 0.3) is 11.8 Å². The van der Waals surface area contributed by atoms with Crippen LogP contribution in [0.5, 0.6) is 0 Å². The first-order valence-corrected chi connectivity index (χ1v) is 10.5. The molecule has 3 unspecified atom stereocenters. The van der Waals surface area contributed by atoms with E-state index in [1.54, 1.807) is 30.3 Å². The molecule has 0 spiro atoms. The summed E-state index contributed by atoms with van der Waals surface area (Å²) >= 11 is 0. The standard InChI is InChI=1S/C23H21FN4O5/c24-13-4-1-3-12(9-13)17-10-26-19(33-17)11-25-15-6-2-5-14-20(15)23(32)28(22(14)31)16-7-8-18(29)27-21(16)30/h1-6,9-10,16,18,21,25,27,29-30H,7-8,11H2. The molecule has 1 fully saturated rings. The Morgan fingerprint density at radius 3 is 2.76 bits per heavy atom. The van der Waals surface area contributed by atoms with Gasteiger partial charge in [-0.15, -0.1) is 0 Å². The number of piperidine rings is 1. The lowest BCUT2D eigenvalue weighted by Crippen LogP contribution is -2.58. The Hall–Kier alpha value is -3.60. The fourth-order valence-electron chi connectivity index (χ4n) is 4.24. The van der Waals surface area contributed by atoms with Crippen molar-refractivity contribution in [1.82, 2.24) is 15.2 Å². The maximum Gasteiger partial charge on any atom is 0.264 e. The molecule has 0 saturated carbocycles. The predicted molar refractivity (Wildman–Crippen MR) is 114 cm³/mol. The van der Waals surface area contributed by atoms with E-state index < -0.39 is 30.3 Å². The SMILES string of the molecule is O=C1c2cccc(NCc3ncc(-c4cccc(F)c4)o3)c2C(=O)N1C1CCC(O)NC1O. The van der Waals surface area contributed by atoms with Gasteiger partial charge in [0, 0.05) is 11.3 Å². The fraction of sp³-hybridized carbons (Fsp3) is 0.261. The third-order valence-electron chi connectivity index (χ3n) is 5.83. The lowest BCUT2D eigenvalue weighted by Gasteiger charge is -2.36. The van der Waals surface area contributed by atoms with E-state index in [1.165, 1.54) is 18.3 Å². The Morgan fingerprint density at radius 2 is 1.97 bits per heavy atom. The van der Waals surface area contributed by atoms with Gasteiger partial charge in [-0.3, -0.25) is 19.8 Å². The molecule has 2 amide bonds. The number of amides is 2. The number of aromatic nitrogens is 1. The Labute approximate surface area is 187 Å². The second-order valence-electron chi connectivity index (χ2n) is 7.96. The molecule has 170 valence electrons. The Balaban J connectivity index is 1.35. The van der Waals surface area contributed by atoms with Gasteiger partial charge >= 0.3 is 0 Å². The molecule has 2 aliphatic heterocycles. The number of nitrogens with one attached hydrogen (secondary N) is 2. The van der Waals surface area contributed by atoms with Crippen LogP contribution in [-0.2, 0) is 6.54 Å². The summed E-state index contributed by atoms with van der Waals surface area (Å²) in [6.07, 6.45) is -0.0349. The number of carbonyl (C=O) groups is 2. The van der Waals surface area contributed by atoms with E-state index in [4.69, 9.17) is 4.42 Å². The number of rotatable bonds is 5. The van der Waals surface area contributed by atoms with Gasteiger partial charge < -0.3 is 19.9 Å². The first-order valence-electron chi connectivity index (χ1n) is 10.5. The van der Waals surface area contributed by atoms with E-state index in [0.717, 1.165) is 4.90 Å². The number of anilines is 1. The Bertz CT molecular complexity index is 1230. The van der Waals surface area contributed by atoms with E-state index in [9.17, 15) is 24.2 Å². The van der Waals surface area contributed by atoms with Gasteiger partial charge in [-0.2, -0.15) is 0 Å². The Morgan fingerprint density at radius 1 is 1.15 bits per heavy atom. The number of imide groups is 1. The number of halogens is 1. The summed E-state index contributed by atoms with van der Waals surface area (Å²) < 4.78 is 19.2. The maximum absolute atomic E-state index is 13.5. The van der Waals surface area contributed by atoms with Crippen LogP contribution in [0.2, 0.25) is 0 Å².